The van der Waals surface area contributed by atoms with E-state index in [1.165, 1.54) is 12.3 Å². The zero-order chi connectivity index (χ0) is 13.7. The molecule has 0 fully saturated rings. The number of rotatable bonds is 5. The first-order valence-corrected chi connectivity index (χ1v) is 5.45. The molecule has 2 aromatic rings. The summed E-state index contributed by atoms with van der Waals surface area (Å²) in [5.41, 5.74) is 0.335. The lowest BCUT2D eigenvalue weighted by Crippen LogP contribution is -2.05. The maximum Gasteiger partial charge on any atom is 0.249 e. The Balaban J connectivity index is 2.13. The zero-order valence-corrected chi connectivity index (χ0v) is 9.90. The molecule has 0 aliphatic rings. The minimum Gasteiger partial charge on any atom is -0.365 e. The Morgan fingerprint density at radius 1 is 1.26 bits per heavy atom. The van der Waals surface area contributed by atoms with Crippen molar-refractivity contribution in [1.82, 2.24) is 15.2 Å². The number of benzene rings is 1. The summed E-state index contributed by atoms with van der Waals surface area (Å²) in [5, 5.41) is 13.1. The molecule has 98 valence electrons. The topological polar surface area (TPSA) is 62.7 Å². The van der Waals surface area contributed by atoms with Gasteiger partial charge < -0.3 is 10.6 Å². The first-order valence-electron chi connectivity index (χ1n) is 5.45. The highest BCUT2D eigenvalue weighted by molar-refractivity contribution is 5.54. The van der Waals surface area contributed by atoms with E-state index in [4.69, 9.17) is 0 Å². The lowest BCUT2D eigenvalue weighted by molar-refractivity contribution is 0.509. The van der Waals surface area contributed by atoms with E-state index in [0.717, 1.165) is 12.1 Å². The van der Waals surface area contributed by atoms with Crippen molar-refractivity contribution in [1.29, 1.82) is 0 Å². The largest absolute Gasteiger partial charge is 0.365 e. The van der Waals surface area contributed by atoms with E-state index in [1.807, 2.05) is 0 Å². The SMILES string of the molecule is C=CCNc1cnnc(Nc2ccc(F)c(F)c2)n1. The average Bonchev–Trinajstić information content (AvgIpc) is 2.41. The van der Waals surface area contributed by atoms with Crippen molar-refractivity contribution in [3.05, 3.63) is 48.7 Å². The van der Waals surface area contributed by atoms with Gasteiger partial charge in [0.05, 0.1) is 6.20 Å². The van der Waals surface area contributed by atoms with E-state index in [9.17, 15) is 8.78 Å². The van der Waals surface area contributed by atoms with E-state index in [-0.39, 0.29) is 5.95 Å². The van der Waals surface area contributed by atoms with E-state index in [1.54, 1.807) is 6.08 Å². The van der Waals surface area contributed by atoms with Crippen LogP contribution in [-0.2, 0) is 0 Å². The van der Waals surface area contributed by atoms with Crippen LogP contribution in [0.25, 0.3) is 0 Å². The van der Waals surface area contributed by atoms with Gasteiger partial charge in [-0.15, -0.1) is 11.7 Å². The summed E-state index contributed by atoms with van der Waals surface area (Å²) < 4.78 is 25.8. The molecular weight excluding hydrogens is 252 g/mol. The van der Waals surface area contributed by atoms with Crippen LogP contribution in [0, 0.1) is 11.6 Å². The van der Waals surface area contributed by atoms with Crippen molar-refractivity contribution in [3.8, 4) is 0 Å². The van der Waals surface area contributed by atoms with Crippen molar-refractivity contribution >= 4 is 17.5 Å². The quantitative estimate of drug-likeness (QED) is 0.811. The second-order valence-corrected chi connectivity index (χ2v) is 3.59. The van der Waals surface area contributed by atoms with Gasteiger partial charge in [0.15, 0.2) is 17.5 Å². The number of halogens is 2. The molecule has 0 radical (unpaired) electrons. The van der Waals surface area contributed by atoms with Gasteiger partial charge in [-0.2, -0.15) is 10.1 Å². The van der Waals surface area contributed by atoms with Crippen LogP contribution in [0.15, 0.2) is 37.1 Å². The fourth-order valence-electron chi connectivity index (χ4n) is 1.32. The summed E-state index contributed by atoms with van der Waals surface area (Å²) in [7, 11) is 0. The summed E-state index contributed by atoms with van der Waals surface area (Å²) >= 11 is 0. The van der Waals surface area contributed by atoms with Gasteiger partial charge in [0.25, 0.3) is 0 Å². The molecule has 5 nitrogen and oxygen atoms in total. The van der Waals surface area contributed by atoms with Gasteiger partial charge in [-0.1, -0.05) is 6.08 Å². The van der Waals surface area contributed by atoms with Crippen LogP contribution in [0.1, 0.15) is 0 Å². The Labute approximate surface area is 108 Å². The molecule has 0 atom stereocenters. The third-order valence-corrected chi connectivity index (χ3v) is 2.16. The summed E-state index contributed by atoms with van der Waals surface area (Å²) in [5.74, 6) is -1.18. The second kappa shape index (κ2) is 5.85. The molecule has 1 heterocycles. The van der Waals surface area contributed by atoms with Crippen LogP contribution >= 0.6 is 0 Å². The summed E-state index contributed by atoms with van der Waals surface area (Å²) in [6, 6.07) is 3.42. The van der Waals surface area contributed by atoms with Crippen LogP contribution in [0.5, 0.6) is 0 Å². The molecule has 0 unspecified atom stereocenters. The third kappa shape index (κ3) is 3.44. The molecule has 0 aliphatic carbocycles. The molecule has 2 rings (SSSR count). The molecule has 0 saturated carbocycles. The Kier molecular flexibility index (Phi) is 3.97. The van der Waals surface area contributed by atoms with E-state index in [2.05, 4.69) is 32.4 Å². The standard InChI is InChI=1S/C12H11F2N5/c1-2-5-15-11-7-16-19-12(18-11)17-8-3-4-9(13)10(14)6-8/h2-4,6-7H,1,5H2,(H2,15,17,18,19). The molecule has 1 aromatic heterocycles. The van der Waals surface area contributed by atoms with Gasteiger partial charge in [0.1, 0.15) is 0 Å². The number of aromatic nitrogens is 3. The fraction of sp³-hybridized carbons (Fsp3) is 0.0833. The predicted molar refractivity (Wildman–Crippen MR) is 68.2 cm³/mol. The Hall–Kier alpha value is -2.57. The van der Waals surface area contributed by atoms with Gasteiger partial charge in [0.2, 0.25) is 5.95 Å². The normalized spacial score (nSPS) is 10.0. The van der Waals surface area contributed by atoms with E-state index in [0.29, 0.717) is 18.1 Å². The first kappa shape index (κ1) is 12.9. The fourth-order valence-corrected chi connectivity index (χ4v) is 1.32. The summed E-state index contributed by atoms with van der Waals surface area (Å²) in [6.07, 6.45) is 3.12. The summed E-state index contributed by atoms with van der Waals surface area (Å²) in [6.45, 7) is 4.10. The molecule has 2 N–H and O–H groups in total. The third-order valence-electron chi connectivity index (χ3n) is 2.16. The van der Waals surface area contributed by atoms with Crippen molar-refractivity contribution < 1.29 is 8.78 Å². The van der Waals surface area contributed by atoms with E-state index >= 15 is 0 Å². The number of nitrogens with zero attached hydrogens (tertiary/aromatic N) is 3. The number of anilines is 3. The number of hydrogen-bond acceptors (Lipinski definition) is 5. The molecule has 0 bridgehead atoms. The van der Waals surface area contributed by atoms with Gasteiger partial charge in [-0.25, -0.2) is 8.78 Å². The minimum absolute atomic E-state index is 0.181. The highest BCUT2D eigenvalue weighted by atomic mass is 19.2. The van der Waals surface area contributed by atoms with E-state index < -0.39 is 11.6 Å². The molecular formula is C12H11F2N5. The van der Waals surface area contributed by atoms with Crippen LogP contribution in [0.4, 0.5) is 26.2 Å². The Bertz CT molecular complexity index is 588. The monoisotopic (exact) mass is 263 g/mol. The first-order chi connectivity index (χ1) is 9.19. The maximum atomic E-state index is 13.0. The Morgan fingerprint density at radius 2 is 2.11 bits per heavy atom. The molecule has 0 saturated heterocycles. The van der Waals surface area contributed by atoms with Gasteiger partial charge in [-0.3, -0.25) is 0 Å². The van der Waals surface area contributed by atoms with Crippen molar-refractivity contribution in [2.75, 3.05) is 17.2 Å². The van der Waals surface area contributed by atoms with Crippen LogP contribution < -0.4 is 10.6 Å². The smallest absolute Gasteiger partial charge is 0.249 e. The lowest BCUT2D eigenvalue weighted by Gasteiger charge is -2.06. The van der Waals surface area contributed by atoms with Gasteiger partial charge >= 0.3 is 0 Å². The second-order valence-electron chi connectivity index (χ2n) is 3.59. The van der Waals surface area contributed by atoms with Crippen LogP contribution in [0.2, 0.25) is 0 Å². The molecule has 19 heavy (non-hydrogen) atoms. The number of nitrogens with one attached hydrogen (secondary N) is 2. The molecule has 0 aliphatic heterocycles. The van der Waals surface area contributed by atoms with Crippen molar-refractivity contribution in [2.24, 2.45) is 0 Å². The van der Waals surface area contributed by atoms with Gasteiger partial charge in [-0.05, 0) is 12.1 Å². The lowest BCUT2D eigenvalue weighted by atomic mass is 10.3. The maximum absolute atomic E-state index is 13.0. The molecule has 1 aromatic carbocycles. The minimum atomic E-state index is -0.945. The number of hydrogen-bond donors (Lipinski definition) is 2. The van der Waals surface area contributed by atoms with Crippen LogP contribution in [0.3, 0.4) is 0 Å². The molecule has 0 spiro atoms. The van der Waals surface area contributed by atoms with Crippen molar-refractivity contribution in [3.63, 3.8) is 0 Å². The molecule has 0 amide bonds. The highest BCUT2D eigenvalue weighted by Crippen LogP contribution is 2.16. The van der Waals surface area contributed by atoms with Gasteiger partial charge in [0, 0.05) is 18.3 Å². The molecule has 7 heteroatoms. The van der Waals surface area contributed by atoms with Crippen molar-refractivity contribution in [2.45, 2.75) is 0 Å². The Morgan fingerprint density at radius 3 is 2.84 bits per heavy atom. The average molecular weight is 263 g/mol. The highest BCUT2D eigenvalue weighted by Gasteiger charge is 2.05. The zero-order valence-electron chi connectivity index (χ0n) is 9.90. The predicted octanol–water partition coefficient (Wildman–Crippen LogP) is 2.49. The summed E-state index contributed by atoms with van der Waals surface area (Å²) in [4.78, 5) is 4.10. The van der Waals surface area contributed by atoms with Crippen LogP contribution in [-0.4, -0.2) is 21.7 Å².